The highest BCUT2D eigenvalue weighted by atomic mass is 32.1. The Labute approximate surface area is 88.3 Å². The van der Waals surface area contributed by atoms with E-state index in [2.05, 4.69) is 14.3 Å². The molecule has 1 spiro atoms. The number of aryl methyl sites for hydroxylation is 1. The van der Waals surface area contributed by atoms with E-state index >= 15 is 0 Å². The van der Waals surface area contributed by atoms with Gasteiger partial charge in [0.15, 0.2) is 0 Å². The quantitative estimate of drug-likeness (QED) is 0.710. The minimum absolute atomic E-state index is 0.678. The fourth-order valence-corrected chi connectivity index (χ4v) is 3.07. The Kier molecular flexibility index (Phi) is 1.81. The predicted octanol–water partition coefficient (Wildman–Crippen LogP) is 2.23. The summed E-state index contributed by atoms with van der Waals surface area (Å²) < 4.78 is 4.25. The van der Waals surface area contributed by atoms with Crippen molar-refractivity contribution >= 4 is 16.7 Å². The Morgan fingerprint density at radius 1 is 1.36 bits per heavy atom. The summed E-state index contributed by atoms with van der Waals surface area (Å²) in [5.41, 5.74) is 0.678. The van der Waals surface area contributed by atoms with Crippen molar-refractivity contribution in [3.8, 4) is 0 Å². The van der Waals surface area contributed by atoms with E-state index in [1.54, 1.807) is 11.5 Å². The molecule has 3 nitrogen and oxygen atoms in total. The molecular formula is C10H15N3S. The molecule has 1 aromatic rings. The van der Waals surface area contributed by atoms with Crippen molar-refractivity contribution < 1.29 is 0 Å². The number of anilines is 1. The average Bonchev–Trinajstić information content (AvgIpc) is 2.78. The lowest BCUT2D eigenvalue weighted by molar-refractivity contribution is 0.395. The maximum absolute atomic E-state index is 4.46. The van der Waals surface area contributed by atoms with Crippen LogP contribution >= 0.6 is 11.5 Å². The zero-order valence-corrected chi connectivity index (χ0v) is 9.31. The van der Waals surface area contributed by atoms with E-state index in [0.717, 1.165) is 11.0 Å². The van der Waals surface area contributed by atoms with Crippen LogP contribution in [-0.4, -0.2) is 22.4 Å². The molecule has 2 fully saturated rings. The van der Waals surface area contributed by atoms with Crippen LogP contribution in [0.4, 0.5) is 5.13 Å². The highest BCUT2D eigenvalue weighted by Gasteiger charge is 2.45. The molecule has 14 heavy (non-hydrogen) atoms. The van der Waals surface area contributed by atoms with Crippen molar-refractivity contribution in [2.45, 2.75) is 32.6 Å². The molecule has 0 N–H and O–H groups in total. The van der Waals surface area contributed by atoms with Crippen LogP contribution in [0.3, 0.4) is 0 Å². The molecule has 4 heteroatoms. The first-order chi connectivity index (χ1) is 6.77. The first kappa shape index (κ1) is 8.65. The Morgan fingerprint density at radius 2 is 2.21 bits per heavy atom. The van der Waals surface area contributed by atoms with Crippen LogP contribution in [0.25, 0.3) is 0 Å². The van der Waals surface area contributed by atoms with Crippen molar-refractivity contribution in [3.05, 3.63) is 5.82 Å². The van der Waals surface area contributed by atoms with Crippen molar-refractivity contribution in [1.29, 1.82) is 0 Å². The summed E-state index contributed by atoms with van der Waals surface area (Å²) in [4.78, 5) is 6.89. The Bertz CT molecular complexity index is 343. The first-order valence-electron chi connectivity index (χ1n) is 5.33. The monoisotopic (exact) mass is 209 g/mol. The lowest BCUT2D eigenvalue weighted by atomic mass is 9.95. The second-order valence-corrected chi connectivity index (χ2v) is 5.38. The molecule has 1 saturated carbocycles. The van der Waals surface area contributed by atoms with Crippen LogP contribution < -0.4 is 4.90 Å². The summed E-state index contributed by atoms with van der Waals surface area (Å²) >= 11 is 1.55. The van der Waals surface area contributed by atoms with E-state index < -0.39 is 0 Å². The minimum atomic E-state index is 0.678. The lowest BCUT2D eigenvalue weighted by Crippen LogP contribution is -2.36. The van der Waals surface area contributed by atoms with Crippen molar-refractivity contribution in [2.24, 2.45) is 5.41 Å². The molecule has 1 aliphatic heterocycles. The fraction of sp³-hybridized carbons (Fsp3) is 0.800. The largest absolute Gasteiger partial charge is 0.346 e. The second-order valence-electron chi connectivity index (χ2n) is 4.65. The molecule has 0 unspecified atom stereocenters. The third-order valence-electron chi connectivity index (χ3n) is 3.41. The summed E-state index contributed by atoms with van der Waals surface area (Å²) in [7, 11) is 0. The van der Waals surface area contributed by atoms with E-state index in [1.165, 1.54) is 38.8 Å². The van der Waals surface area contributed by atoms with Crippen LogP contribution in [0.1, 0.15) is 31.5 Å². The van der Waals surface area contributed by atoms with E-state index in [1.807, 2.05) is 6.92 Å². The molecule has 0 atom stereocenters. The SMILES string of the molecule is Cc1nsc(N2CCCC3(CC3)C2)n1. The maximum atomic E-state index is 4.46. The van der Waals surface area contributed by atoms with Gasteiger partial charge in [-0.15, -0.1) is 0 Å². The Hall–Kier alpha value is -0.640. The van der Waals surface area contributed by atoms with Gasteiger partial charge in [-0.05, 0) is 38.0 Å². The summed E-state index contributed by atoms with van der Waals surface area (Å²) in [6.45, 7) is 4.37. The third-order valence-corrected chi connectivity index (χ3v) is 4.27. The van der Waals surface area contributed by atoms with Crippen molar-refractivity contribution in [1.82, 2.24) is 9.36 Å². The van der Waals surface area contributed by atoms with Crippen LogP contribution in [0, 0.1) is 12.3 Å². The van der Waals surface area contributed by atoms with E-state index in [-0.39, 0.29) is 0 Å². The molecule has 1 aromatic heterocycles. The number of rotatable bonds is 1. The van der Waals surface area contributed by atoms with Crippen LogP contribution in [0.15, 0.2) is 0 Å². The molecule has 0 radical (unpaired) electrons. The molecule has 3 rings (SSSR count). The Morgan fingerprint density at radius 3 is 2.86 bits per heavy atom. The summed E-state index contributed by atoms with van der Waals surface area (Å²) in [5.74, 6) is 0.917. The van der Waals surface area contributed by atoms with Gasteiger partial charge in [0.1, 0.15) is 5.82 Å². The molecule has 2 aliphatic rings. The summed E-state index contributed by atoms with van der Waals surface area (Å²) in [6.07, 6.45) is 5.63. The minimum Gasteiger partial charge on any atom is -0.346 e. The number of piperidine rings is 1. The predicted molar refractivity (Wildman–Crippen MR) is 57.8 cm³/mol. The topological polar surface area (TPSA) is 29.0 Å². The summed E-state index contributed by atoms with van der Waals surface area (Å²) in [6, 6.07) is 0. The number of hydrogen-bond donors (Lipinski definition) is 0. The summed E-state index contributed by atoms with van der Waals surface area (Å²) in [5, 5.41) is 1.13. The van der Waals surface area contributed by atoms with Gasteiger partial charge in [-0.2, -0.15) is 4.37 Å². The first-order valence-corrected chi connectivity index (χ1v) is 6.10. The molecule has 0 bridgehead atoms. The third kappa shape index (κ3) is 1.41. The van der Waals surface area contributed by atoms with Crippen LogP contribution in [0.5, 0.6) is 0 Å². The van der Waals surface area contributed by atoms with Gasteiger partial charge in [0.2, 0.25) is 5.13 Å². The average molecular weight is 209 g/mol. The fourth-order valence-electron chi connectivity index (χ4n) is 2.37. The van der Waals surface area contributed by atoms with Crippen molar-refractivity contribution in [3.63, 3.8) is 0 Å². The lowest BCUT2D eigenvalue weighted by Gasteiger charge is -2.32. The van der Waals surface area contributed by atoms with Crippen LogP contribution in [-0.2, 0) is 0 Å². The van der Waals surface area contributed by atoms with E-state index in [4.69, 9.17) is 0 Å². The standard InChI is InChI=1S/C10H15N3S/c1-8-11-9(14-12-8)13-6-2-3-10(7-13)4-5-10/h2-7H2,1H3. The molecule has 0 amide bonds. The number of hydrogen-bond acceptors (Lipinski definition) is 4. The maximum Gasteiger partial charge on any atom is 0.205 e. The van der Waals surface area contributed by atoms with Gasteiger partial charge in [-0.3, -0.25) is 0 Å². The van der Waals surface area contributed by atoms with Crippen LogP contribution in [0.2, 0.25) is 0 Å². The van der Waals surface area contributed by atoms with Gasteiger partial charge in [0.05, 0.1) is 0 Å². The van der Waals surface area contributed by atoms with Gasteiger partial charge in [-0.1, -0.05) is 0 Å². The molecule has 1 aliphatic carbocycles. The zero-order chi connectivity index (χ0) is 9.60. The molecule has 1 saturated heterocycles. The molecular weight excluding hydrogens is 194 g/mol. The van der Waals surface area contributed by atoms with Gasteiger partial charge in [-0.25, -0.2) is 4.98 Å². The van der Waals surface area contributed by atoms with E-state index in [0.29, 0.717) is 5.41 Å². The zero-order valence-electron chi connectivity index (χ0n) is 8.49. The number of aromatic nitrogens is 2. The van der Waals surface area contributed by atoms with E-state index in [9.17, 15) is 0 Å². The molecule has 76 valence electrons. The second kappa shape index (κ2) is 2.92. The normalized spacial score (nSPS) is 24.2. The van der Waals surface area contributed by atoms with Gasteiger partial charge < -0.3 is 4.90 Å². The smallest absolute Gasteiger partial charge is 0.205 e. The van der Waals surface area contributed by atoms with Gasteiger partial charge in [0, 0.05) is 24.6 Å². The molecule has 2 heterocycles. The van der Waals surface area contributed by atoms with Gasteiger partial charge >= 0.3 is 0 Å². The van der Waals surface area contributed by atoms with Gasteiger partial charge in [0.25, 0.3) is 0 Å². The molecule has 0 aromatic carbocycles. The van der Waals surface area contributed by atoms with Crippen molar-refractivity contribution in [2.75, 3.05) is 18.0 Å². The number of nitrogens with zero attached hydrogens (tertiary/aromatic N) is 3. The highest BCUT2D eigenvalue weighted by molar-refractivity contribution is 7.09. The highest BCUT2D eigenvalue weighted by Crippen LogP contribution is 2.52. The Balaban J connectivity index is 1.78.